The minimum absolute atomic E-state index is 0.589. The highest BCUT2D eigenvalue weighted by Gasteiger charge is 2.02. The summed E-state index contributed by atoms with van der Waals surface area (Å²) in [5.41, 5.74) is 0. The minimum atomic E-state index is 0.589. The Morgan fingerprint density at radius 1 is 1.54 bits per heavy atom. The molecule has 0 saturated carbocycles. The van der Waals surface area contributed by atoms with Crippen molar-refractivity contribution in [2.75, 3.05) is 30.9 Å². The second kappa shape index (κ2) is 5.01. The molecule has 1 aromatic heterocycles. The lowest BCUT2D eigenvalue weighted by molar-refractivity contribution is 0.397. The molecule has 0 N–H and O–H groups in total. The van der Waals surface area contributed by atoms with Crippen molar-refractivity contribution in [1.82, 2.24) is 9.97 Å². The third kappa shape index (κ3) is 2.84. The third-order valence-electron chi connectivity index (χ3n) is 1.65. The molecule has 0 amide bonds. The van der Waals surface area contributed by atoms with Gasteiger partial charge in [-0.25, -0.2) is 9.97 Å². The topological polar surface area (TPSA) is 38.2 Å². The molecule has 0 bridgehead atoms. The van der Waals surface area contributed by atoms with Gasteiger partial charge in [0.1, 0.15) is 12.1 Å². The van der Waals surface area contributed by atoms with E-state index in [1.54, 1.807) is 7.11 Å². The Kier molecular flexibility index (Phi) is 3.95. The minimum Gasteiger partial charge on any atom is -0.481 e. The maximum Gasteiger partial charge on any atom is 0.218 e. The van der Waals surface area contributed by atoms with Crippen molar-refractivity contribution >= 4 is 21.7 Å². The van der Waals surface area contributed by atoms with Crippen LogP contribution in [-0.4, -0.2) is 36.0 Å². The van der Waals surface area contributed by atoms with Crippen LogP contribution in [0.5, 0.6) is 5.88 Å². The van der Waals surface area contributed by atoms with E-state index in [-0.39, 0.29) is 0 Å². The Hall–Kier alpha value is -0.840. The second-order valence-electron chi connectivity index (χ2n) is 2.53. The molecule has 4 nitrogen and oxygen atoms in total. The van der Waals surface area contributed by atoms with E-state index < -0.39 is 0 Å². The molecule has 72 valence electrons. The fourth-order valence-electron chi connectivity index (χ4n) is 0.892. The van der Waals surface area contributed by atoms with Crippen molar-refractivity contribution in [3.05, 3.63) is 12.4 Å². The number of alkyl halides is 1. The van der Waals surface area contributed by atoms with Gasteiger partial charge in [-0.15, -0.1) is 0 Å². The van der Waals surface area contributed by atoms with Crippen molar-refractivity contribution in [2.45, 2.75) is 0 Å². The summed E-state index contributed by atoms with van der Waals surface area (Å²) in [6.45, 7) is 0.903. The number of methoxy groups -OCH3 is 1. The zero-order chi connectivity index (χ0) is 9.68. The van der Waals surface area contributed by atoms with Gasteiger partial charge in [-0.05, 0) is 0 Å². The first-order valence-electron chi connectivity index (χ1n) is 3.91. The summed E-state index contributed by atoms with van der Waals surface area (Å²) >= 11 is 3.37. The summed E-state index contributed by atoms with van der Waals surface area (Å²) in [6.07, 6.45) is 1.50. The predicted octanol–water partition coefficient (Wildman–Crippen LogP) is 1.32. The Labute approximate surface area is 86.1 Å². The fraction of sp³-hybridized carbons (Fsp3) is 0.500. The van der Waals surface area contributed by atoms with Gasteiger partial charge in [-0.2, -0.15) is 0 Å². The Bertz CT molecular complexity index is 269. The molecule has 0 aromatic carbocycles. The Morgan fingerprint density at radius 3 is 2.92 bits per heavy atom. The number of hydrogen-bond acceptors (Lipinski definition) is 4. The molecule has 0 saturated heterocycles. The van der Waals surface area contributed by atoms with Gasteiger partial charge in [0.05, 0.1) is 7.11 Å². The summed E-state index contributed by atoms with van der Waals surface area (Å²) in [5, 5.41) is 0.913. The van der Waals surface area contributed by atoms with Crippen LogP contribution in [0.15, 0.2) is 12.4 Å². The highest BCUT2D eigenvalue weighted by atomic mass is 79.9. The fourth-order valence-corrected chi connectivity index (χ4v) is 1.42. The Morgan fingerprint density at radius 2 is 2.31 bits per heavy atom. The van der Waals surface area contributed by atoms with Crippen LogP contribution < -0.4 is 9.64 Å². The molecule has 0 aliphatic carbocycles. The van der Waals surface area contributed by atoms with Gasteiger partial charge in [0.25, 0.3) is 0 Å². The molecule has 5 heteroatoms. The van der Waals surface area contributed by atoms with E-state index in [9.17, 15) is 0 Å². The highest BCUT2D eigenvalue weighted by Crippen LogP contribution is 2.13. The van der Waals surface area contributed by atoms with Crippen LogP contribution in [0.1, 0.15) is 0 Å². The number of anilines is 1. The molecule has 0 unspecified atom stereocenters. The summed E-state index contributed by atoms with van der Waals surface area (Å²) in [5.74, 6) is 1.46. The van der Waals surface area contributed by atoms with Gasteiger partial charge in [0.2, 0.25) is 5.88 Å². The zero-order valence-corrected chi connectivity index (χ0v) is 9.28. The quantitative estimate of drug-likeness (QED) is 0.751. The number of halogens is 1. The molecule has 1 aromatic rings. The van der Waals surface area contributed by atoms with E-state index >= 15 is 0 Å². The van der Waals surface area contributed by atoms with E-state index in [2.05, 4.69) is 25.9 Å². The van der Waals surface area contributed by atoms with E-state index in [0.29, 0.717) is 5.88 Å². The third-order valence-corrected chi connectivity index (χ3v) is 2.00. The molecule has 1 rings (SSSR count). The maximum atomic E-state index is 4.99. The van der Waals surface area contributed by atoms with Gasteiger partial charge in [0.15, 0.2) is 0 Å². The van der Waals surface area contributed by atoms with Gasteiger partial charge in [0, 0.05) is 25.0 Å². The lowest BCUT2D eigenvalue weighted by atomic mass is 10.5. The molecule has 0 atom stereocenters. The lowest BCUT2D eigenvalue weighted by Gasteiger charge is -2.16. The van der Waals surface area contributed by atoms with E-state index in [4.69, 9.17) is 4.74 Å². The first-order chi connectivity index (χ1) is 6.27. The van der Waals surface area contributed by atoms with Crippen LogP contribution >= 0.6 is 15.9 Å². The van der Waals surface area contributed by atoms with Crippen LogP contribution in [-0.2, 0) is 0 Å². The number of hydrogen-bond donors (Lipinski definition) is 0. The molecule has 0 aliphatic rings. The highest BCUT2D eigenvalue weighted by molar-refractivity contribution is 9.09. The van der Waals surface area contributed by atoms with Gasteiger partial charge in [-0.1, -0.05) is 15.9 Å². The number of rotatable bonds is 4. The first kappa shape index (κ1) is 10.2. The average molecular weight is 246 g/mol. The first-order valence-corrected chi connectivity index (χ1v) is 5.03. The summed E-state index contributed by atoms with van der Waals surface area (Å²) in [6, 6.07) is 1.81. The zero-order valence-electron chi connectivity index (χ0n) is 7.70. The maximum absolute atomic E-state index is 4.99. The molecule has 0 aliphatic heterocycles. The van der Waals surface area contributed by atoms with Crippen LogP contribution in [0.3, 0.4) is 0 Å². The molecule has 0 fully saturated rings. The lowest BCUT2D eigenvalue weighted by Crippen LogP contribution is -2.20. The van der Waals surface area contributed by atoms with Crippen LogP contribution in [0.2, 0.25) is 0 Å². The van der Waals surface area contributed by atoms with Crippen LogP contribution in [0, 0.1) is 0 Å². The molecular formula is C8H12BrN3O. The Balaban J connectivity index is 2.75. The standard InChI is InChI=1S/C8H12BrN3O/c1-12(4-3-9)7-5-8(13-2)11-6-10-7/h5-6H,3-4H2,1-2H3. The van der Waals surface area contributed by atoms with Crippen molar-refractivity contribution in [3.63, 3.8) is 0 Å². The SMILES string of the molecule is COc1cc(N(C)CCBr)ncn1. The normalized spacial score (nSPS) is 9.77. The van der Waals surface area contributed by atoms with Crippen molar-refractivity contribution in [1.29, 1.82) is 0 Å². The molecule has 0 spiro atoms. The van der Waals surface area contributed by atoms with E-state index in [1.807, 2.05) is 18.0 Å². The summed E-state index contributed by atoms with van der Waals surface area (Å²) in [4.78, 5) is 10.1. The molecule has 1 heterocycles. The van der Waals surface area contributed by atoms with Gasteiger partial charge >= 0.3 is 0 Å². The average Bonchev–Trinajstić information content (AvgIpc) is 2.18. The molecule has 0 radical (unpaired) electrons. The largest absolute Gasteiger partial charge is 0.481 e. The van der Waals surface area contributed by atoms with Crippen molar-refractivity contribution in [3.8, 4) is 5.88 Å². The summed E-state index contributed by atoms with van der Waals surface area (Å²) < 4.78 is 4.99. The number of ether oxygens (including phenoxy) is 1. The van der Waals surface area contributed by atoms with Gasteiger partial charge in [-0.3, -0.25) is 0 Å². The summed E-state index contributed by atoms with van der Waals surface area (Å²) in [7, 11) is 3.57. The van der Waals surface area contributed by atoms with Crippen LogP contribution in [0.25, 0.3) is 0 Å². The second-order valence-corrected chi connectivity index (χ2v) is 3.32. The number of aromatic nitrogens is 2. The monoisotopic (exact) mass is 245 g/mol. The van der Waals surface area contributed by atoms with Crippen molar-refractivity contribution < 1.29 is 4.74 Å². The number of nitrogens with zero attached hydrogens (tertiary/aromatic N) is 3. The smallest absolute Gasteiger partial charge is 0.218 e. The van der Waals surface area contributed by atoms with Crippen molar-refractivity contribution in [2.24, 2.45) is 0 Å². The molecule has 13 heavy (non-hydrogen) atoms. The molecular weight excluding hydrogens is 234 g/mol. The predicted molar refractivity (Wildman–Crippen MR) is 55.6 cm³/mol. The van der Waals surface area contributed by atoms with Crippen LogP contribution in [0.4, 0.5) is 5.82 Å². The van der Waals surface area contributed by atoms with E-state index in [0.717, 1.165) is 17.7 Å². The van der Waals surface area contributed by atoms with Gasteiger partial charge < -0.3 is 9.64 Å². The van der Waals surface area contributed by atoms with E-state index in [1.165, 1.54) is 6.33 Å².